The maximum atomic E-state index is 13.8. The van der Waals surface area contributed by atoms with Gasteiger partial charge in [0.1, 0.15) is 12.9 Å². The van der Waals surface area contributed by atoms with Crippen LogP contribution in [0.3, 0.4) is 0 Å². The Morgan fingerprint density at radius 2 is 2.20 bits per heavy atom. The van der Waals surface area contributed by atoms with E-state index in [4.69, 9.17) is 4.74 Å². The predicted molar refractivity (Wildman–Crippen MR) is 78.2 cm³/mol. The number of halogens is 2. The van der Waals surface area contributed by atoms with Crippen LogP contribution < -0.4 is 4.74 Å². The van der Waals surface area contributed by atoms with Gasteiger partial charge in [-0.2, -0.15) is 5.10 Å². The van der Waals surface area contributed by atoms with Gasteiger partial charge >= 0.3 is 0 Å². The van der Waals surface area contributed by atoms with Crippen LogP contribution in [0, 0.1) is 11.7 Å². The molecular formula is C14H17BrFN3O. The second-order valence-corrected chi connectivity index (χ2v) is 5.46. The van der Waals surface area contributed by atoms with Crippen molar-refractivity contribution in [3.63, 3.8) is 0 Å². The Morgan fingerprint density at radius 1 is 1.40 bits per heavy atom. The van der Waals surface area contributed by atoms with Crippen molar-refractivity contribution < 1.29 is 9.13 Å². The third-order valence-electron chi connectivity index (χ3n) is 2.77. The molecule has 0 amide bonds. The Hall–Kier alpha value is -1.43. The maximum Gasteiger partial charge on any atom is 0.165 e. The average Bonchev–Trinajstić information content (AvgIpc) is 2.83. The molecule has 0 spiro atoms. The zero-order chi connectivity index (χ0) is 14.5. The van der Waals surface area contributed by atoms with Crippen LogP contribution in [0.2, 0.25) is 0 Å². The first kappa shape index (κ1) is 15.0. The van der Waals surface area contributed by atoms with Crippen molar-refractivity contribution in [2.45, 2.75) is 32.3 Å². The van der Waals surface area contributed by atoms with E-state index in [-0.39, 0.29) is 18.2 Å². The summed E-state index contributed by atoms with van der Waals surface area (Å²) in [6.45, 7) is 5.17. The van der Waals surface area contributed by atoms with Gasteiger partial charge in [0.2, 0.25) is 0 Å². The summed E-state index contributed by atoms with van der Waals surface area (Å²) in [6, 6.07) is 4.88. The van der Waals surface area contributed by atoms with Gasteiger partial charge in [0.25, 0.3) is 0 Å². The minimum atomic E-state index is -0.364. The van der Waals surface area contributed by atoms with Crippen LogP contribution in [0.15, 0.2) is 24.5 Å². The fraction of sp³-hybridized carbons (Fsp3) is 0.429. The fourth-order valence-electron chi connectivity index (χ4n) is 1.86. The number of aromatic nitrogens is 3. The Labute approximate surface area is 126 Å². The van der Waals surface area contributed by atoms with Gasteiger partial charge in [0.15, 0.2) is 17.4 Å². The van der Waals surface area contributed by atoms with Crippen molar-refractivity contribution in [3.8, 4) is 5.75 Å². The van der Waals surface area contributed by atoms with E-state index in [2.05, 4.69) is 39.9 Å². The summed E-state index contributed by atoms with van der Waals surface area (Å²) in [6.07, 6.45) is 1.49. The monoisotopic (exact) mass is 341 g/mol. The molecule has 0 unspecified atom stereocenters. The van der Waals surface area contributed by atoms with Crippen molar-refractivity contribution in [1.29, 1.82) is 0 Å². The fourth-order valence-corrected chi connectivity index (χ4v) is 2.30. The molecule has 0 N–H and O–H groups in total. The second-order valence-electron chi connectivity index (χ2n) is 4.90. The van der Waals surface area contributed by atoms with E-state index in [0.29, 0.717) is 17.1 Å². The summed E-state index contributed by atoms with van der Waals surface area (Å²) in [5.74, 6) is 1.06. The molecule has 0 atom stereocenters. The van der Waals surface area contributed by atoms with Crippen molar-refractivity contribution in [2.24, 2.45) is 5.92 Å². The first-order valence-electron chi connectivity index (χ1n) is 6.44. The van der Waals surface area contributed by atoms with E-state index in [0.717, 1.165) is 12.1 Å². The largest absolute Gasteiger partial charge is 0.482 e. The molecule has 0 bridgehead atoms. The highest BCUT2D eigenvalue weighted by atomic mass is 79.9. The van der Waals surface area contributed by atoms with Crippen LogP contribution >= 0.6 is 15.9 Å². The summed E-state index contributed by atoms with van der Waals surface area (Å²) >= 11 is 3.33. The number of rotatable bonds is 6. The molecule has 0 aliphatic heterocycles. The molecule has 0 aliphatic rings. The SMILES string of the molecule is CC(C)Cn1ncnc1COc1c(F)cccc1CBr. The number of benzene rings is 1. The summed E-state index contributed by atoms with van der Waals surface area (Å²) in [5.41, 5.74) is 0.778. The van der Waals surface area contributed by atoms with Crippen LogP contribution in [-0.4, -0.2) is 14.8 Å². The number of hydrogen-bond donors (Lipinski definition) is 0. The topological polar surface area (TPSA) is 39.9 Å². The van der Waals surface area contributed by atoms with E-state index >= 15 is 0 Å². The molecule has 1 heterocycles. The number of alkyl halides is 1. The Bertz CT molecular complexity index is 571. The zero-order valence-electron chi connectivity index (χ0n) is 11.5. The number of nitrogens with zero attached hydrogens (tertiary/aromatic N) is 3. The van der Waals surface area contributed by atoms with Crippen molar-refractivity contribution >= 4 is 15.9 Å². The highest BCUT2D eigenvalue weighted by molar-refractivity contribution is 9.08. The van der Waals surface area contributed by atoms with E-state index in [1.54, 1.807) is 10.7 Å². The van der Waals surface area contributed by atoms with Gasteiger partial charge in [0, 0.05) is 17.4 Å². The van der Waals surface area contributed by atoms with Crippen molar-refractivity contribution in [2.75, 3.05) is 0 Å². The summed E-state index contributed by atoms with van der Waals surface area (Å²) in [4.78, 5) is 4.16. The van der Waals surface area contributed by atoms with Crippen LogP contribution in [-0.2, 0) is 18.5 Å². The molecule has 108 valence electrons. The molecule has 6 heteroatoms. The van der Waals surface area contributed by atoms with Crippen LogP contribution in [0.25, 0.3) is 0 Å². The van der Waals surface area contributed by atoms with Crippen LogP contribution in [0.5, 0.6) is 5.75 Å². The van der Waals surface area contributed by atoms with Gasteiger partial charge in [-0.25, -0.2) is 14.1 Å². The number of hydrogen-bond acceptors (Lipinski definition) is 3. The number of ether oxygens (including phenoxy) is 1. The summed E-state index contributed by atoms with van der Waals surface area (Å²) in [5, 5.41) is 4.70. The normalized spacial score (nSPS) is 11.1. The molecule has 0 saturated carbocycles. The molecule has 2 aromatic rings. The first-order valence-corrected chi connectivity index (χ1v) is 7.56. The van der Waals surface area contributed by atoms with Gasteiger partial charge in [-0.3, -0.25) is 0 Å². The maximum absolute atomic E-state index is 13.8. The average molecular weight is 342 g/mol. The highest BCUT2D eigenvalue weighted by Gasteiger charge is 2.12. The first-order chi connectivity index (χ1) is 9.61. The number of para-hydroxylation sites is 1. The second kappa shape index (κ2) is 6.83. The third kappa shape index (κ3) is 3.56. The predicted octanol–water partition coefficient (Wildman–Crippen LogP) is 3.55. The van der Waals surface area contributed by atoms with E-state index in [1.165, 1.54) is 12.4 Å². The van der Waals surface area contributed by atoms with Gasteiger partial charge in [-0.15, -0.1) is 0 Å². The lowest BCUT2D eigenvalue weighted by Crippen LogP contribution is -2.13. The molecule has 0 fully saturated rings. The van der Waals surface area contributed by atoms with Crippen LogP contribution in [0.1, 0.15) is 25.2 Å². The minimum absolute atomic E-state index is 0.202. The third-order valence-corrected chi connectivity index (χ3v) is 3.38. The van der Waals surface area contributed by atoms with Crippen molar-refractivity contribution in [3.05, 3.63) is 41.7 Å². The smallest absolute Gasteiger partial charge is 0.165 e. The van der Waals surface area contributed by atoms with E-state index < -0.39 is 0 Å². The molecular weight excluding hydrogens is 325 g/mol. The molecule has 20 heavy (non-hydrogen) atoms. The molecule has 0 saturated heterocycles. The minimum Gasteiger partial charge on any atom is -0.482 e. The standard InChI is InChI=1S/C14H17BrFN3O/c1-10(2)7-19-13(17-9-18-19)8-20-14-11(6-15)4-3-5-12(14)16/h3-5,9-10H,6-8H2,1-2H3. The van der Waals surface area contributed by atoms with Gasteiger partial charge in [0.05, 0.1) is 0 Å². The van der Waals surface area contributed by atoms with Crippen molar-refractivity contribution in [1.82, 2.24) is 14.8 Å². The lowest BCUT2D eigenvalue weighted by atomic mass is 10.2. The van der Waals surface area contributed by atoms with Gasteiger partial charge in [-0.05, 0) is 12.0 Å². The highest BCUT2D eigenvalue weighted by Crippen LogP contribution is 2.25. The van der Waals surface area contributed by atoms with Gasteiger partial charge < -0.3 is 4.74 Å². The quantitative estimate of drug-likeness (QED) is 0.754. The molecule has 4 nitrogen and oxygen atoms in total. The summed E-state index contributed by atoms with van der Waals surface area (Å²) < 4.78 is 21.2. The molecule has 1 aromatic heterocycles. The van der Waals surface area contributed by atoms with E-state index in [9.17, 15) is 4.39 Å². The molecule has 0 radical (unpaired) electrons. The Balaban J connectivity index is 2.11. The molecule has 1 aromatic carbocycles. The summed E-state index contributed by atoms with van der Waals surface area (Å²) in [7, 11) is 0. The lowest BCUT2D eigenvalue weighted by Gasteiger charge is -2.12. The molecule has 2 rings (SSSR count). The Kier molecular flexibility index (Phi) is 5.11. The van der Waals surface area contributed by atoms with Crippen LogP contribution in [0.4, 0.5) is 4.39 Å². The molecule has 0 aliphatic carbocycles. The van der Waals surface area contributed by atoms with E-state index in [1.807, 2.05) is 6.07 Å². The lowest BCUT2D eigenvalue weighted by molar-refractivity contribution is 0.267. The zero-order valence-corrected chi connectivity index (χ0v) is 13.1. The van der Waals surface area contributed by atoms with Gasteiger partial charge in [-0.1, -0.05) is 41.9 Å². The Morgan fingerprint density at radius 3 is 2.90 bits per heavy atom.